The highest BCUT2D eigenvalue weighted by Gasteiger charge is 2.40. The van der Waals surface area contributed by atoms with E-state index in [0.29, 0.717) is 19.1 Å². The summed E-state index contributed by atoms with van der Waals surface area (Å²) in [6.07, 6.45) is 2.78. The van der Waals surface area contributed by atoms with Crippen LogP contribution >= 0.6 is 0 Å². The number of ether oxygens (including phenoxy) is 2. The predicted octanol–water partition coefficient (Wildman–Crippen LogP) is 0.564. The lowest BCUT2D eigenvalue weighted by Gasteiger charge is -2.33. The van der Waals surface area contributed by atoms with Crippen molar-refractivity contribution >= 4 is 0 Å². The minimum Gasteiger partial charge on any atom is -0.387 e. The zero-order valence-electron chi connectivity index (χ0n) is 7.29. The second kappa shape index (κ2) is 3.32. The van der Waals surface area contributed by atoms with Crippen LogP contribution in [0.25, 0.3) is 0 Å². The first kappa shape index (κ1) is 8.48. The Morgan fingerprint density at radius 3 is 2.42 bits per heavy atom. The van der Waals surface area contributed by atoms with Gasteiger partial charge in [0.05, 0.1) is 12.2 Å². The van der Waals surface area contributed by atoms with Crippen LogP contribution in [-0.2, 0) is 9.47 Å². The fourth-order valence-electron chi connectivity index (χ4n) is 2.13. The number of aliphatic hydroxyl groups is 1. The summed E-state index contributed by atoms with van der Waals surface area (Å²) in [6, 6.07) is 0. The monoisotopic (exact) mass is 172 g/mol. The lowest BCUT2D eigenvalue weighted by molar-refractivity contribution is -0.0672. The van der Waals surface area contributed by atoms with E-state index in [1.54, 1.807) is 0 Å². The third-order valence-electron chi connectivity index (χ3n) is 3.01. The minimum atomic E-state index is -0.538. The Bertz CT molecular complexity index is 146. The molecule has 2 saturated heterocycles. The fraction of sp³-hybridized carbons (Fsp3) is 1.00. The summed E-state index contributed by atoms with van der Waals surface area (Å²) in [6.45, 7) is 2.84. The maximum atomic E-state index is 10.1. The molecule has 0 aliphatic carbocycles. The summed E-state index contributed by atoms with van der Waals surface area (Å²) >= 11 is 0. The Labute approximate surface area is 72.7 Å². The van der Waals surface area contributed by atoms with E-state index in [2.05, 4.69) is 0 Å². The third kappa shape index (κ3) is 1.49. The van der Waals surface area contributed by atoms with Gasteiger partial charge >= 0.3 is 0 Å². The van der Waals surface area contributed by atoms with Gasteiger partial charge in [-0.1, -0.05) is 0 Å². The van der Waals surface area contributed by atoms with Crippen LogP contribution in [0, 0.1) is 5.92 Å². The topological polar surface area (TPSA) is 38.7 Å². The molecule has 0 bridgehead atoms. The van der Waals surface area contributed by atoms with Crippen LogP contribution in [0.4, 0.5) is 0 Å². The molecule has 0 radical (unpaired) electrons. The molecule has 0 amide bonds. The normalized spacial score (nSPS) is 38.8. The zero-order chi connectivity index (χ0) is 8.44. The average Bonchev–Trinajstić information content (AvgIpc) is 2.55. The van der Waals surface area contributed by atoms with Crippen LogP contribution in [0.15, 0.2) is 0 Å². The van der Waals surface area contributed by atoms with Crippen LogP contribution in [-0.4, -0.2) is 37.1 Å². The van der Waals surface area contributed by atoms with Gasteiger partial charge in [0.1, 0.15) is 0 Å². The Hall–Kier alpha value is -0.120. The number of hydrogen-bond donors (Lipinski definition) is 1. The van der Waals surface area contributed by atoms with E-state index >= 15 is 0 Å². The molecule has 1 unspecified atom stereocenters. The van der Waals surface area contributed by atoms with Gasteiger partial charge in [0.15, 0.2) is 0 Å². The largest absolute Gasteiger partial charge is 0.387 e. The van der Waals surface area contributed by atoms with E-state index in [-0.39, 0.29) is 0 Å². The first-order valence-electron chi connectivity index (χ1n) is 4.69. The Morgan fingerprint density at radius 2 is 1.83 bits per heavy atom. The minimum absolute atomic E-state index is 0.397. The molecule has 12 heavy (non-hydrogen) atoms. The molecule has 0 aromatic carbocycles. The van der Waals surface area contributed by atoms with E-state index in [1.165, 1.54) is 0 Å². The van der Waals surface area contributed by atoms with Gasteiger partial charge in [0, 0.05) is 26.2 Å². The molecular weight excluding hydrogens is 156 g/mol. The standard InChI is InChI=1S/C9H16O3/c10-9(3-6-12-7-9)8-1-4-11-5-2-8/h8,10H,1-7H2. The molecule has 0 aromatic heterocycles. The van der Waals surface area contributed by atoms with E-state index in [1.807, 2.05) is 0 Å². The van der Waals surface area contributed by atoms with Gasteiger partial charge in [-0.3, -0.25) is 0 Å². The lowest BCUT2D eigenvalue weighted by atomic mass is 9.81. The van der Waals surface area contributed by atoms with E-state index < -0.39 is 5.60 Å². The third-order valence-corrected chi connectivity index (χ3v) is 3.01. The maximum Gasteiger partial charge on any atom is 0.0931 e. The fourth-order valence-corrected chi connectivity index (χ4v) is 2.13. The van der Waals surface area contributed by atoms with Gasteiger partial charge in [-0.25, -0.2) is 0 Å². The highest BCUT2D eigenvalue weighted by molar-refractivity contribution is 4.90. The molecule has 0 aromatic rings. The molecule has 2 fully saturated rings. The van der Waals surface area contributed by atoms with Gasteiger partial charge < -0.3 is 14.6 Å². The first-order valence-corrected chi connectivity index (χ1v) is 4.69. The predicted molar refractivity (Wildman–Crippen MR) is 43.9 cm³/mol. The SMILES string of the molecule is OC1(C2CCOCC2)CCOC1. The van der Waals surface area contributed by atoms with Crippen molar-refractivity contribution < 1.29 is 14.6 Å². The van der Waals surface area contributed by atoms with Crippen molar-refractivity contribution in [2.24, 2.45) is 5.92 Å². The molecule has 3 heteroatoms. The average molecular weight is 172 g/mol. The van der Waals surface area contributed by atoms with Gasteiger partial charge in [-0.2, -0.15) is 0 Å². The molecule has 3 nitrogen and oxygen atoms in total. The molecule has 2 heterocycles. The van der Waals surface area contributed by atoms with Crippen LogP contribution < -0.4 is 0 Å². The lowest BCUT2D eigenvalue weighted by Crippen LogP contribution is -2.41. The van der Waals surface area contributed by atoms with Crippen molar-refractivity contribution in [2.45, 2.75) is 24.9 Å². The second-order valence-electron chi connectivity index (χ2n) is 3.79. The Balaban J connectivity index is 1.96. The summed E-state index contributed by atoms with van der Waals surface area (Å²) in [7, 11) is 0. The summed E-state index contributed by atoms with van der Waals surface area (Å²) < 4.78 is 10.5. The van der Waals surface area contributed by atoms with Crippen LogP contribution in [0.2, 0.25) is 0 Å². The van der Waals surface area contributed by atoms with Crippen molar-refractivity contribution in [3.63, 3.8) is 0 Å². The molecular formula is C9H16O3. The smallest absolute Gasteiger partial charge is 0.0931 e. The molecule has 2 aliphatic heterocycles. The van der Waals surface area contributed by atoms with E-state index in [9.17, 15) is 5.11 Å². The molecule has 0 saturated carbocycles. The maximum absolute atomic E-state index is 10.1. The first-order chi connectivity index (χ1) is 5.81. The summed E-state index contributed by atoms with van der Waals surface area (Å²) in [5.41, 5.74) is -0.538. The number of rotatable bonds is 1. The molecule has 0 spiro atoms. The molecule has 70 valence electrons. The van der Waals surface area contributed by atoms with Crippen LogP contribution in [0.1, 0.15) is 19.3 Å². The van der Waals surface area contributed by atoms with Gasteiger partial charge in [0.2, 0.25) is 0 Å². The van der Waals surface area contributed by atoms with E-state index in [4.69, 9.17) is 9.47 Å². The Morgan fingerprint density at radius 1 is 1.08 bits per heavy atom. The van der Waals surface area contributed by atoms with Gasteiger partial charge in [0.25, 0.3) is 0 Å². The summed E-state index contributed by atoms with van der Waals surface area (Å²) in [5.74, 6) is 0.397. The Kier molecular flexibility index (Phi) is 2.35. The zero-order valence-corrected chi connectivity index (χ0v) is 7.29. The summed E-state index contributed by atoms with van der Waals surface area (Å²) in [4.78, 5) is 0. The molecule has 2 aliphatic rings. The number of hydrogen-bond acceptors (Lipinski definition) is 3. The van der Waals surface area contributed by atoms with Crippen molar-refractivity contribution in [1.29, 1.82) is 0 Å². The molecule has 1 N–H and O–H groups in total. The van der Waals surface area contributed by atoms with Crippen molar-refractivity contribution in [2.75, 3.05) is 26.4 Å². The van der Waals surface area contributed by atoms with Gasteiger partial charge in [-0.05, 0) is 18.8 Å². The van der Waals surface area contributed by atoms with Crippen molar-refractivity contribution in [1.82, 2.24) is 0 Å². The second-order valence-corrected chi connectivity index (χ2v) is 3.79. The van der Waals surface area contributed by atoms with Crippen molar-refractivity contribution in [3.05, 3.63) is 0 Å². The van der Waals surface area contributed by atoms with Crippen LogP contribution in [0.3, 0.4) is 0 Å². The molecule has 1 atom stereocenters. The van der Waals surface area contributed by atoms with Crippen LogP contribution in [0.5, 0.6) is 0 Å². The summed E-state index contributed by atoms with van der Waals surface area (Å²) in [5, 5.41) is 10.1. The van der Waals surface area contributed by atoms with Gasteiger partial charge in [-0.15, -0.1) is 0 Å². The highest BCUT2D eigenvalue weighted by atomic mass is 16.5. The van der Waals surface area contributed by atoms with E-state index in [0.717, 1.165) is 32.5 Å². The quantitative estimate of drug-likeness (QED) is 0.628. The molecule has 2 rings (SSSR count). The van der Waals surface area contributed by atoms with Crippen molar-refractivity contribution in [3.8, 4) is 0 Å². The highest BCUT2D eigenvalue weighted by Crippen LogP contribution is 2.33.